The fraction of sp³-hybridized carbons (Fsp3) is 0.517. The Balaban J connectivity index is 0.735. The fourth-order valence-electron chi connectivity index (χ4n) is 11.9. The van der Waals surface area contributed by atoms with Gasteiger partial charge >= 0.3 is 12.3 Å². The number of pyridine rings is 2. The Morgan fingerprint density at radius 2 is 1.58 bits per heavy atom. The summed E-state index contributed by atoms with van der Waals surface area (Å²) in [5.74, 6) is 1.22. The van der Waals surface area contributed by atoms with Crippen molar-refractivity contribution in [2.75, 3.05) is 54.8 Å². The Labute approximate surface area is 433 Å². The minimum atomic E-state index is -4.58. The van der Waals surface area contributed by atoms with Crippen LogP contribution in [0.2, 0.25) is 0 Å². The monoisotopic (exact) mass is 1020 g/mol. The molecule has 3 unspecified atom stereocenters. The third-order valence-corrected chi connectivity index (χ3v) is 16.0. The summed E-state index contributed by atoms with van der Waals surface area (Å²) >= 11 is 0. The molecule has 4 saturated heterocycles. The van der Waals surface area contributed by atoms with Gasteiger partial charge in [0.05, 0.1) is 5.56 Å². The van der Waals surface area contributed by atoms with Crippen LogP contribution in [-0.4, -0.2) is 101 Å². The molecule has 394 valence electrons. The number of likely N-dealkylation sites (tertiary alicyclic amines) is 2. The molecule has 0 bridgehead atoms. The summed E-state index contributed by atoms with van der Waals surface area (Å²) in [6.45, 7) is 14.5. The lowest BCUT2D eigenvalue weighted by atomic mass is 9.80. The summed E-state index contributed by atoms with van der Waals surface area (Å²) in [5.41, 5.74) is 6.64. The zero-order valence-electron chi connectivity index (χ0n) is 43.4. The molecular formula is C58H71F3N8O5. The number of imide groups is 1. The number of alkyl halides is 3. The van der Waals surface area contributed by atoms with E-state index in [0.29, 0.717) is 55.7 Å². The van der Waals surface area contributed by atoms with Gasteiger partial charge in [-0.3, -0.25) is 34.9 Å². The molecule has 5 aliphatic rings. The first-order valence-electron chi connectivity index (χ1n) is 26.7. The average molecular weight is 1020 g/mol. The number of amides is 4. The molecule has 13 nitrogen and oxygen atoms in total. The number of ether oxygens (including phenoxy) is 1. The summed E-state index contributed by atoms with van der Waals surface area (Å²) in [6, 6.07) is 17.8. The van der Waals surface area contributed by atoms with Crippen LogP contribution in [0.5, 0.6) is 0 Å². The number of nitrogens with zero attached hydrogens (tertiary/aromatic N) is 5. The highest BCUT2D eigenvalue weighted by Gasteiger charge is 2.37. The summed E-state index contributed by atoms with van der Waals surface area (Å²) in [4.78, 5) is 65.7. The van der Waals surface area contributed by atoms with Crippen LogP contribution in [0.3, 0.4) is 0 Å². The van der Waals surface area contributed by atoms with Gasteiger partial charge in [-0.2, -0.15) is 13.2 Å². The van der Waals surface area contributed by atoms with E-state index >= 15 is 0 Å². The number of benzene rings is 2. The highest BCUT2D eigenvalue weighted by molar-refractivity contribution is 6.01. The second kappa shape index (κ2) is 22.3. The molecule has 4 fully saturated rings. The van der Waals surface area contributed by atoms with Gasteiger partial charge in [-0.15, -0.1) is 0 Å². The van der Waals surface area contributed by atoms with Gasteiger partial charge < -0.3 is 19.9 Å². The highest BCUT2D eigenvalue weighted by Crippen LogP contribution is 2.42. The van der Waals surface area contributed by atoms with Gasteiger partial charge in [0, 0.05) is 84.8 Å². The van der Waals surface area contributed by atoms with Crippen molar-refractivity contribution in [1.82, 2.24) is 25.1 Å². The maximum atomic E-state index is 14.5. The molecule has 4 aliphatic heterocycles. The van der Waals surface area contributed by atoms with Gasteiger partial charge in [-0.25, -0.2) is 9.78 Å². The highest BCUT2D eigenvalue weighted by atomic mass is 19.4. The molecule has 6 heterocycles. The number of piperidine rings is 3. The summed E-state index contributed by atoms with van der Waals surface area (Å²) in [5, 5.41) is 7.86. The lowest BCUT2D eigenvalue weighted by Crippen LogP contribution is -2.47. The van der Waals surface area contributed by atoms with E-state index < -0.39 is 35.4 Å². The molecule has 4 atom stereocenters. The van der Waals surface area contributed by atoms with Crippen LogP contribution in [-0.2, 0) is 26.9 Å². The number of carbonyl (C=O) groups excluding carboxylic acids is 4. The average Bonchev–Trinajstić information content (AvgIpc) is 3.61. The van der Waals surface area contributed by atoms with Crippen molar-refractivity contribution in [3.63, 3.8) is 0 Å². The molecular weight excluding hydrogens is 946 g/mol. The number of hydrogen-bond acceptors (Lipinski definition) is 10. The number of halogens is 3. The Bertz CT molecular complexity index is 2710. The van der Waals surface area contributed by atoms with Crippen molar-refractivity contribution >= 4 is 47.1 Å². The number of aromatic nitrogens is 2. The van der Waals surface area contributed by atoms with E-state index in [1.54, 1.807) is 18.3 Å². The molecule has 4 amide bonds. The predicted molar refractivity (Wildman–Crippen MR) is 282 cm³/mol. The van der Waals surface area contributed by atoms with Crippen LogP contribution in [0.4, 0.5) is 35.2 Å². The number of anilines is 3. The van der Waals surface area contributed by atoms with Gasteiger partial charge in [-0.05, 0) is 194 Å². The topological polar surface area (TPSA) is 149 Å². The second-order valence-electron chi connectivity index (χ2n) is 22.3. The SMILES string of the molecule is CC1Cc2nccc(-c3ccc(NC(=O)OC(C)(C)C)nc3)c2C=C1[C@H](C)N1CCC(c2ccc(C(=O)N3CCC(CC4CCCN(c5ccc(NC6CCC(=O)NC6=O)cc5C(F)(F)F)CC4)CC3)cc2)CC1. The van der Waals surface area contributed by atoms with E-state index in [4.69, 9.17) is 9.72 Å². The van der Waals surface area contributed by atoms with E-state index in [1.165, 1.54) is 17.2 Å². The van der Waals surface area contributed by atoms with Crippen molar-refractivity contribution in [2.24, 2.45) is 17.8 Å². The molecule has 0 radical (unpaired) electrons. The van der Waals surface area contributed by atoms with E-state index in [-0.39, 0.29) is 42.1 Å². The molecule has 74 heavy (non-hydrogen) atoms. The third-order valence-electron chi connectivity index (χ3n) is 16.0. The standard InChI is InChI=1S/C58H71F3N8O5/c1-36-31-50-47(45(18-24-62-50)43-12-16-52(63-35-43)65-56(73)74-57(3,4)5)34-46(36)37(2)67-29-22-41(23-30-67)40-8-10-42(11-9-40)55(72)69-27-20-39(21-28-69)32-38-7-6-25-68(26-19-38)51-15-13-44(33-48(51)58(59,60)61)64-49-14-17-53(70)66-54(49)71/h8-13,15-16,18,24,33-39,41,49,64H,6-7,14,17,19-23,25-32H2,1-5H3,(H,63,65,73)(H,66,70,71)/t36?,37-,38?,49?/m0/s1. The Hall–Kier alpha value is -6.29. The van der Waals surface area contributed by atoms with Crippen molar-refractivity contribution in [3.8, 4) is 11.1 Å². The fourth-order valence-corrected chi connectivity index (χ4v) is 11.9. The number of fused-ring (bicyclic) bond motifs is 1. The molecule has 0 spiro atoms. The van der Waals surface area contributed by atoms with Crippen LogP contribution in [0.1, 0.15) is 137 Å². The van der Waals surface area contributed by atoms with Crippen LogP contribution < -0.4 is 20.9 Å². The van der Waals surface area contributed by atoms with Gasteiger partial charge in [0.2, 0.25) is 11.8 Å². The smallest absolute Gasteiger partial charge is 0.418 e. The minimum absolute atomic E-state index is 0.0702. The van der Waals surface area contributed by atoms with E-state index in [1.807, 2.05) is 61.0 Å². The van der Waals surface area contributed by atoms with Crippen molar-refractivity contribution in [3.05, 3.63) is 107 Å². The Kier molecular flexibility index (Phi) is 15.8. The summed E-state index contributed by atoms with van der Waals surface area (Å²) < 4.78 is 48.8. The van der Waals surface area contributed by atoms with Gasteiger partial charge in [0.1, 0.15) is 17.5 Å². The lowest BCUT2D eigenvalue weighted by Gasteiger charge is -2.39. The van der Waals surface area contributed by atoms with E-state index in [0.717, 1.165) is 105 Å². The molecule has 16 heteroatoms. The zero-order valence-corrected chi connectivity index (χ0v) is 43.4. The van der Waals surface area contributed by atoms with E-state index in [9.17, 15) is 32.3 Å². The molecule has 9 rings (SSSR count). The number of nitrogens with one attached hydrogen (secondary N) is 3. The normalized spacial score (nSPS) is 22.0. The second-order valence-corrected chi connectivity index (χ2v) is 22.3. The van der Waals surface area contributed by atoms with Crippen LogP contribution >= 0.6 is 0 Å². The van der Waals surface area contributed by atoms with Crippen LogP contribution in [0.15, 0.2) is 78.6 Å². The Morgan fingerprint density at radius 1 is 0.851 bits per heavy atom. The maximum absolute atomic E-state index is 14.5. The lowest BCUT2D eigenvalue weighted by molar-refractivity contribution is -0.137. The number of hydrogen-bond donors (Lipinski definition) is 3. The predicted octanol–water partition coefficient (Wildman–Crippen LogP) is 11.1. The van der Waals surface area contributed by atoms with Crippen LogP contribution in [0.25, 0.3) is 17.2 Å². The van der Waals surface area contributed by atoms with Crippen molar-refractivity contribution in [1.29, 1.82) is 0 Å². The number of rotatable bonds is 11. The zero-order chi connectivity index (χ0) is 52.3. The molecule has 3 N–H and O–H groups in total. The minimum Gasteiger partial charge on any atom is -0.444 e. The molecule has 2 aromatic carbocycles. The quantitative estimate of drug-likeness (QED) is 0.124. The van der Waals surface area contributed by atoms with Crippen LogP contribution in [0, 0.1) is 17.8 Å². The molecule has 2 aromatic heterocycles. The summed E-state index contributed by atoms with van der Waals surface area (Å²) in [6.07, 6.45) is 9.58. The first-order chi connectivity index (χ1) is 35.3. The molecule has 1 aliphatic carbocycles. The van der Waals surface area contributed by atoms with Crippen molar-refractivity contribution in [2.45, 2.75) is 135 Å². The maximum Gasteiger partial charge on any atom is 0.418 e. The first kappa shape index (κ1) is 52.6. The van der Waals surface area contributed by atoms with Gasteiger partial charge in [0.25, 0.3) is 5.91 Å². The molecule has 4 aromatic rings. The first-order valence-corrected chi connectivity index (χ1v) is 26.7. The van der Waals surface area contributed by atoms with Crippen molar-refractivity contribution < 1.29 is 37.1 Å². The van der Waals surface area contributed by atoms with Gasteiger partial charge in [0.15, 0.2) is 0 Å². The third kappa shape index (κ3) is 12.6. The molecule has 0 saturated carbocycles. The Morgan fingerprint density at radius 3 is 2.27 bits per heavy atom. The van der Waals surface area contributed by atoms with E-state index in [2.05, 4.69) is 57.9 Å². The van der Waals surface area contributed by atoms with Gasteiger partial charge in [-0.1, -0.05) is 25.1 Å². The largest absolute Gasteiger partial charge is 0.444 e. The number of carbonyl (C=O) groups is 4. The summed E-state index contributed by atoms with van der Waals surface area (Å²) in [7, 11) is 0.